The SMILES string of the molecule is c1ccc(-c2cccc3n[nH]nc23)nc1. The second kappa shape index (κ2) is 3.16. The zero-order chi connectivity index (χ0) is 10.1. The number of H-pyrrole nitrogens is 1. The number of pyridine rings is 1. The van der Waals surface area contributed by atoms with Crippen molar-refractivity contribution in [1.29, 1.82) is 0 Å². The van der Waals surface area contributed by atoms with Crippen molar-refractivity contribution in [3.63, 3.8) is 0 Å². The normalized spacial score (nSPS) is 10.7. The zero-order valence-corrected chi connectivity index (χ0v) is 7.88. The molecule has 0 unspecified atom stereocenters. The fourth-order valence-corrected chi connectivity index (χ4v) is 1.60. The van der Waals surface area contributed by atoms with Crippen molar-refractivity contribution in [3.8, 4) is 11.3 Å². The Hall–Kier alpha value is -2.23. The van der Waals surface area contributed by atoms with Gasteiger partial charge in [-0.15, -0.1) is 0 Å². The lowest BCUT2D eigenvalue weighted by molar-refractivity contribution is 0.959. The molecule has 0 atom stereocenters. The average Bonchev–Trinajstić information content (AvgIpc) is 2.78. The highest BCUT2D eigenvalue weighted by Crippen LogP contribution is 2.23. The second-order valence-electron chi connectivity index (χ2n) is 3.21. The highest BCUT2D eigenvalue weighted by Gasteiger charge is 2.06. The zero-order valence-electron chi connectivity index (χ0n) is 7.88. The van der Waals surface area contributed by atoms with E-state index in [-0.39, 0.29) is 0 Å². The standard InChI is InChI=1S/C11H8N4/c1-2-7-12-9(5-1)8-4-3-6-10-11(8)14-15-13-10/h1-7H,(H,13,14,15). The molecule has 4 nitrogen and oxygen atoms in total. The van der Waals surface area contributed by atoms with E-state index in [1.165, 1.54) is 0 Å². The van der Waals surface area contributed by atoms with Crippen molar-refractivity contribution in [1.82, 2.24) is 20.4 Å². The van der Waals surface area contributed by atoms with Crippen LogP contribution in [0.25, 0.3) is 22.3 Å². The maximum atomic E-state index is 4.30. The van der Waals surface area contributed by atoms with E-state index in [1.54, 1.807) is 6.20 Å². The van der Waals surface area contributed by atoms with Crippen LogP contribution in [0.3, 0.4) is 0 Å². The molecule has 0 aliphatic carbocycles. The minimum absolute atomic E-state index is 0.858. The molecule has 0 bridgehead atoms. The fourth-order valence-electron chi connectivity index (χ4n) is 1.60. The van der Waals surface area contributed by atoms with Crippen LogP contribution in [0.2, 0.25) is 0 Å². The molecule has 2 aromatic heterocycles. The van der Waals surface area contributed by atoms with Gasteiger partial charge in [-0.1, -0.05) is 18.2 Å². The number of hydrogen-bond acceptors (Lipinski definition) is 3. The maximum Gasteiger partial charge on any atom is 0.122 e. The summed E-state index contributed by atoms with van der Waals surface area (Å²) in [5, 5.41) is 10.8. The highest BCUT2D eigenvalue weighted by atomic mass is 15.3. The van der Waals surface area contributed by atoms with Gasteiger partial charge < -0.3 is 0 Å². The van der Waals surface area contributed by atoms with Gasteiger partial charge in [0.1, 0.15) is 11.0 Å². The molecule has 4 heteroatoms. The Balaban J connectivity index is 2.31. The Kier molecular flexibility index (Phi) is 1.71. The summed E-state index contributed by atoms with van der Waals surface area (Å²) in [5.74, 6) is 0. The minimum atomic E-state index is 0.858. The van der Waals surface area contributed by atoms with Gasteiger partial charge >= 0.3 is 0 Å². The third-order valence-electron chi connectivity index (χ3n) is 2.29. The first kappa shape index (κ1) is 8.11. The highest BCUT2D eigenvalue weighted by molar-refractivity contribution is 5.89. The van der Waals surface area contributed by atoms with E-state index < -0.39 is 0 Å². The lowest BCUT2D eigenvalue weighted by Gasteiger charge is -1.99. The molecule has 0 saturated heterocycles. The van der Waals surface area contributed by atoms with Crippen LogP contribution in [-0.2, 0) is 0 Å². The van der Waals surface area contributed by atoms with Crippen LogP contribution < -0.4 is 0 Å². The van der Waals surface area contributed by atoms with Gasteiger partial charge in [0, 0.05) is 11.8 Å². The lowest BCUT2D eigenvalue weighted by Crippen LogP contribution is -1.83. The summed E-state index contributed by atoms with van der Waals surface area (Å²) in [7, 11) is 0. The molecular formula is C11H8N4. The van der Waals surface area contributed by atoms with Gasteiger partial charge in [-0.05, 0) is 18.2 Å². The summed E-state index contributed by atoms with van der Waals surface area (Å²) in [6.45, 7) is 0. The molecule has 0 aliphatic rings. The van der Waals surface area contributed by atoms with E-state index in [0.717, 1.165) is 22.3 Å². The van der Waals surface area contributed by atoms with Crippen molar-refractivity contribution < 1.29 is 0 Å². The molecule has 15 heavy (non-hydrogen) atoms. The van der Waals surface area contributed by atoms with Gasteiger partial charge in [-0.3, -0.25) is 4.98 Å². The predicted molar refractivity (Wildman–Crippen MR) is 57.1 cm³/mol. The monoisotopic (exact) mass is 196 g/mol. The summed E-state index contributed by atoms with van der Waals surface area (Å²) in [6.07, 6.45) is 1.77. The molecule has 1 aromatic carbocycles. The second-order valence-corrected chi connectivity index (χ2v) is 3.21. The molecule has 0 aliphatic heterocycles. The summed E-state index contributed by atoms with van der Waals surface area (Å²) in [4.78, 5) is 4.30. The fraction of sp³-hybridized carbons (Fsp3) is 0. The first-order chi connectivity index (χ1) is 7.45. The largest absolute Gasteiger partial charge is 0.256 e. The Morgan fingerprint density at radius 2 is 1.93 bits per heavy atom. The lowest BCUT2D eigenvalue weighted by atomic mass is 10.1. The maximum absolute atomic E-state index is 4.30. The van der Waals surface area contributed by atoms with Gasteiger partial charge in [0.2, 0.25) is 0 Å². The van der Waals surface area contributed by atoms with E-state index in [1.807, 2.05) is 36.4 Å². The smallest absolute Gasteiger partial charge is 0.122 e. The van der Waals surface area contributed by atoms with Gasteiger partial charge in [0.25, 0.3) is 0 Å². The van der Waals surface area contributed by atoms with Gasteiger partial charge in [0.15, 0.2) is 0 Å². The number of para-hydroxylation sites is 1. The topological polar surface area (TPSA) is 54.5 Å². The molecule has 0 amide bonds. The van der Waals surface area contributed by atoms with Crippen molar-refractivity contribution >= 4 is 11.0 Å². The summed E-state index contributed by atoms with van der Waals surface area (Å²) < 4.78 is 0. The van der Waals surface area contributed by atoms with E-state index in [4.69, 9.17) is 0 Å². The Bertz CT molecular complexity index is 586. The molecule has 2 heterocycles. The van der Waals surface area contributed by atoms with Crippen molar-refractivity contribution in [2.24, 2.45) is 0 Å². The third kappa shape index (κ3) is 1.27. The quantitative estimate of drug-likeness (QED) is 0.647. The summed E-state index contributed by atoms with van der Waals surface area (Å²) in [5.41, 5.74) is 3.63. The Morgan fingerprint density at radius 1 is 0.933 bits per heavy atom. The van der Waals surface area contributed by atoms with E-state index in [9.17, 15) is 0 Å². The molecule has 0 fully saturated rings. The third-order valence-corrected chi connectivity index (χ3v) is 2.29. The van der Waals surface area contributed by atoms with E-state index in [0.29, 0.717) is 0 Å². The number of fused-ring (bicyclic) bond motifs is 1. The van der Waals surface area contributed by atoms with E-state index >= 15 is 0 Å². The number of aromatic nitrogens is 4. The minimum Gasteiger partial charge on any atom is -0.256 e. The van der Waals surface area contributed by atoms with Crippen LogP contribution in [0.15, 0.2) is 42.6 Å². The molecule has 0 spiro atoms. The molecule has 3 rings (SSSR count). The molecule has 0 radical (unpaired) electrons. The Labute approximate surface area is 86.0 Å². The first-order valence-corrected chi connectivity index (χ1v) is 4.66. The van der Waals surface area contributed by atoms with Gasteiger partial charge in [-0.25, -0.2) is 0 Å². The van der Waals surface area contributed by atoms with Crippen LogP contribution in [0.1, 0.15) is 0 Å². The number of hydrogen-bond donors (Lipinski definition) is 1. The van der Waals surface area contributed by atoms with Crippen LogP contribution in [-0.4, -0.2) is 20.4 Å². The summed E-state index contributed by atoms with van der Waals surface area (Å²) in [6, 6.07) is 11.7. The number of aromatic amines is 1. The number of rotatable bonds is 1. The molecule has 0 saturated carbocycles. The molecule has 3 aromatic rings. The number of nitrogens with one attached hydrogen (secondary N) is 1. The predicted octanol–water partition coefficient (Wildman–Crippen LogP) is 2.02. The van der Waals surface area contributed by atoms with Crippen LogP contribution in [0.4, 0.5) is 0 Å². The molecular weight excluding hydrogens is 188 g/mol. The summed E-state index contributed by atoms with van der Waals surface area (Å²) >= 11 is 0. The Morgan fingerprint density at radius 3 is 2.80 bits per heavy atom. The van der Waals surface area contributed by atoms with Crippen molar-refractivity contribution in [3.05, 3.63) is 42.6 Å². The van der Waals surface area contributed by atoms with Crippen LogP contribution >= 0.6 is 0 Å². The average molecular weight is 196 g/mol. The number of nitrogens with zero attached hydrogens (tertiary/aromatic N) is 3. The van der Waals surface area contributed by atoms with Crippen LogP contribution in [0, 0.1) is 0 Å². The van der Waals surface area contributed by atoms with Crippen molar-refractivity contribution in [2.75, 3.05) is 0 Å². The molecule has 72 valence electrons. The first-order valence-electron chi connectivity index (χ1n) is 4.66. The van der Waals surface area contributed by atoms with Gasteiger partial charge in [-0.2, -0.15) is 15.4 Å². The molecule has 1 N–H and O–H groups in total. The van der Waals surface area contributed by atoms with Gasteiger partial charge in [0.05, 0.1) is 5.69 Å². The number of benzene rings is 1. The van der Waals surface area contributed by atoms with Crippen LogP contribution in [0.5, 0.6) is 0 Å². The van der Waals surface area contributed by atoms with E-state index in [2.05, 4.69) is 20.4 Å². The van der Waals surface area contributed by atoms with Crippen molar-refractivity contribution in [2.45, 2.75) is 0 Å².